The van der Waals surface area contributed by atoms with Gasteiger partial charge in [0.15, 0.2) is 0 Å². The lowest BCUT2D eigenvalue weighted by molar-refractivity contribution is 0.782. The SMILES string of the molecule is Cn1nc(-c2ccncc2)c(-c2ccncc2)c1N. The van der Waals surface area contributed by atoms with E-state index in [-0.39, 0.29) is 0 Å². The predicted molar refractivity (Wildman–Crippen MR) is 74.1 cm³/mol. The first-order valence-corrected chi connectivity index (χ1v) is 5.90. The fraction of sp³-hybridized carbons (Fsp3) is 0.0714. The molecule has 0 amide bonds. The van der Waals surface area contributed by atoms with Crippen LogP contribution in [0.3, 0.4) is 0 Å². The zero-order chi connectivity index (χ0) is 13.2. The highest BCUT2D eigenvalue weighted by atomic mass is 15.3. The van der Waals surface area contributed by atoms with Crippen molar-refractivity contribution in [2.24, 2.45) is 7.05 Å². The minimum Gasteiger partial charge on any atom is -0.383 e. The van der Waals surface area contributed by atoms with Crippen LogP contribution in [0, 0.1) is 0 Å². The minimum atomic E-state index is 0.637. The van der Waals surface area contributed by atoms with Crippen molar-refractivity contribution in [2.75, 3.05) is 5.73 Å². The minimum absolute atomic E-state index is 0.637. The molecule has 0 aliphatic heterocycles. The van der Waals surface area contributed by atoms with Crippen LogP contribution in [0.4, 0.5) is 5.82 Å². The Morgan fingerprint density at radius 2 is 1.42 bits per heavy atom. The number of nitrogens with zero attached hydrogens (tertiary/aromatic N) is 4. The maximum Gasteiger partial charge on any atom is 0.129 e. The molecule has 0 aromatic carbocycles. The van der Waals surface area contributed by atoms with Gasteiger partial charge in [0, 0.05) is 37.4 Å². The second-order valence-electron chi connectivity index (χ2n) is 4.20. The summed E-state index contributed by atoms with van der Waals surface area (Å²) in [5.41, 5.74) is 9.92. The fourth-order valence-electron chi connectivity index (χ4n) is 2.05. The van der Waals surface area contributed by atoms with E-state index < -0.39 is 0 Å². The summed E-state index contributed by atoms with van der Waals surface area (Å²) in [4.78, 5) is 8.06. The molecule has 0 saturated carbocycles. The average molecular weight is 251 g/mol. The Morgan fingerprint density at radius 3 is 2.00 bits per heavy atom. The van der Waals surface area contributed by atoms with Crippen LogP contribution >= 0.6 is 0 Å². The molecule has 0 fully saturated rings. The molecule has 0 atom stereocenters. The van der Waals surface area contributed by atoms with Crippen molar-refractivity contribution >= 4 is 5.82 Å². The summed E-state index contributed by atoms with van der Waals surface area (Å²) in [7, 11) is 1.84. The zero-order valence-electron chi connectivity index (χ0n) is 10.5. The molecule has 0 unspecified atom stereocenters. The molecule has 0 spiro atoms. The van der Waals surface area contributed by atoms with Gasteiger partial charge >= 0.3 is 0 Å². The maximum absolute atomic E-state index is 6.14. The number of nitrogen functional groups attached to an aromatic ring is 1. The molecule has 5 heteroatoms. The molecule has 3 heterocycles. The third-order valence-corrected chi connectivity index (χ3v) is 3.01. The molecule has 0 saturated heterocycles. The standard InChI is InChI=1S/C14H13N5/c1-19-14(15)12(10-2-6-16-7-3-10)13(18-19)11-4-8-17-9-5-11/h2-9H,15H2,1H3. The Bertz CT molecular complexity index is 689. The molecule has 0 bridgehead atoms. The van der Waals surface area contributed by atoms with Crippen molar-refractivity contribution in [3.63, 3.8) is 0 Å². The summed E-state index contributed by atoms with van der Waals surface area (Å²) in [6.45, 7) is 0. The number of nitrogens with two attached hydrogens (primary N) is 1. The Kier molecular flexibility index (Phi) is 2.72. The Morgan fingerprint density at radius 1 is 0.895 bits per heavy atom. The maximum atomic E-state index is 6.14. The third kappa shape index (κ3) is 1.95. The number of hydrogen-bond donors (Lipinski definition) is 1. The van der Waals surface area contributed by atoms with Crippen LogP contribution in [0.5, 0.6) is 0 Å². The van der Waals surface area contributed by atoms with Crippen LogP contribution in [0.25, 0.3) is 22.4 Å². The third-order valence-electron chi connectivity index (χ3n) is 3.01. The molecule has 0 radical (unpaired) electrons. The van der Waals surface area contributed by atoms with Gasteiger partial charge in [-0.1, -0.05) is 0 Å². The van der Waals surface area contributed by atoms with E-state index in [1.807, 2.05) is 31.3 Å². The number of aryl methyl sites for hydroxylation is 1. The van der Waals surface area contributed by atoms with Gasteiger partial charge in [-0.3, -0.25) is 14.6 Å². The van der Waals surface area contributed by atoms with Crippen LogP contribution in [0.15, 0.2) is 49.1 Å². The Balaban J connectivity index is 2.25. The lowest BCUT2D eigenvalue weighted by Crippen LogP contribution is -1.97. The van der Waals surface area contributed by atoms with Gasteiger partial charge in [-0.05, 0) is 29.8 Å². The predicted octanol–water partition coefficient (Wildman–Crippen LogP) is 2.13. The number of anilines is 1. The fourth-order valence-corrected chi connectivity index (χ4v) is 2.05. The van der Waals surface area contributed by atoms with Crippen LogP contribution < -0.4 is 5.73 Å². The Hall–Kier alpha value is -2.69. The van der Waals surface area contributed by atoms with Gasteiger partial charge in [-0.25, -0.2) is 0 Å². The normalized spacial score (nSPS) is 10.6. The second-order valence-corrected chi connectivity index (χ2v) is 4.20. The largest absolute Gasteiger partial charge is 0.383 e. The summed E-state index contributed by atoms with van der Waals surface area (Å²) < 4.78 is 1.69. The van der Waals surface area contributed by atoms with Gasteiger partial charge in [-0.15, -0.1) is 0 Å². The van der Waals surface area contributed by atoms with Crippen molar-refractivity contribution in [2.45, 2.75) is 0 Å². The lowest BCUT2D eigenvalue weighted by atomic mass is 10.0. The van der Waals surface area contributed by atoms with Crippen molar-refractivity contribution in [3.05, 3.63) is 49.1 Å². The molecular formula is C14H13N5. The summed E-state index contributed by atoms with van der Waals surface area (Å²) in [5, 5.41) is 4.50. The van der Waals surface area contributed by atoms with E-state index in [1.165, 1.54) is 0 Å². The first-order valence-electron chi connectivity index (χ1n) is 5.90. The van der Waals surface area contributed by atoms with Gasteiger partial charge in [-0.2, -0.15) is 5.10 Å². The van der Waals surface area contributed by atoms with Crippen LogP contribution in [-0.4, -0.2) is 19.7 Å². The highest BCUT2D eigenvalue weighted by Crippen LogP contribution is 2.35. The molecule has 19 heavy (non-hydrogen) atoms. The molecule has 3 aromatic heterocycles. The first-order chi connectivity index (χ1) is 9.27. The second kappa shape index (κ2) is 4.53. The van der Waals surface area contributed by atoms with Crippen molar-refractivity contribution in [1.29, 1.82) is 0 Å². The zero-order valence-corrected chi connectivity index (χ0v) is 10.5. The molecule has 3 aromatic rings. The van der Waals surface area contributed by atoms with E-state index in [9.17, 15) is 0 Å². The highest BCUT2D eigenvalue weighted by Gasteiger charge is 2.16. The first kappa shape index (κ1) is 11.4. The summed E-state index contributed by atoms with van der Waals surface area (Å²) >= 11 is 0. The van der Waals surface area contributed by atoms with Crippen LogP contribution in [0.1, 0.15) is 0 Å². The molecule has 94 valence electrons. The van der Waals surface area contributed by atoms with E-state index in [2.05, 4.69) is 15.1 Å². The summed E-state index contributed by atoms with van der Waals surface area (Å²) in [6.07, 6.45) is 6.99. The molecule has 2 N–H and O–H groups in total. The number of rotatable bonds is 2. The van der Waals surface area contributed by atoms with E-state index in [4.69, 9.17) is 5.73 Å². The van der Waals surface area contributed by atoms with Crippen LogP contribution in [-0.2, 0) is 7.05 Å². The van der Waals surface area contributed by atoms with Gasteiger partial charge in [0.1, 0.15) is 11.5 Å². The van der Waals surface area contributed by atoms with Gasteiger partial charge in [0.2, 0.25) is 0 Å². The molecule has 5 nitrogen and oxygen atoms in total. The lowest BCUT2D eigenvalue weighted by Gasteiger charge is -2.03. The van der Waals surface area contributed by atoms with E-state index in [0.29, 0.717) is 5.82 Å². The van der Waals surface area contributed by atoms with Gasteiger partial charge < -0.3 is 5.73 Å². The number of pyridine rings is 2. The van der Waals surface area contributed by atoms with Crippen molar-refractivity contribution in [1.82, 2.24) is 19.7 Å². The van der Waals surface area contributed by atoms with Gasteiger partial charge in [0.25, 0.3) is 0 Å². The molecule has 0 aliphatic rings. The number of aromatic nitrogens is 4. The van der Waals surface area contributed by atoms with Gasteiger partial charge in [0.05, 0.1) is 5.56 Å². The molecule has 0 aliphatic carbocycles. The van der Waals surface area contributed by atoms with Crippen LogP contribution in [0.2, 0.25) is 0 Å². The molecule has 3 rings (SSSR count). The number of hydrogen-bond acceptors (Lipinski definition) is 4. The monoisotopic (exact) mass is 251 g/mol. The van der Waals surface area contributed by atoms with E-state index >= 15 is 0 Å². The average Bonchev–Trinajstić information content (AvgIpc) is 2.77. The Labute approximate surface area is 110 Å². The van der Waals surface area contributed by atoms with Crippen molar-refractivity contribution in [3.8, 4) is 22.4 Å². The van der Waals surface area contributed by atoms with Crippen molar-refractivity contribution < 1.29 is 0 Å². The van der Waals surface area contributed by atoms with E-state index in [0.717, 1.165) is 22.4 Å². The van der Waals surface area contributed by atoms with E-state index in [1.54, 1.807) is 29.5 Å². The molecular weight excluding hydrogens is 238 g/mol. The summed E-state index contributed by atoms with van der Waals surface area (Å²) in [6, 6.07) is 7.70. The quantitative estimate of drug-likeness (QED) is 0.757. The highest BCUT2D eigenvalue weighted by molar-refractivity contribution is 5.87. The summed E-state index contributed by atoms with van der Waals surface area (Å²) in [5.74, 6) is 0.637. The smallest absolute Gasteiger partial charge is 0.129 e. The topological polar surface area (TPSA) is 69.6 Å².